The molecule has 7 nitrogen and oxygen atoms in total. The van der Waals surface area contributed by atoms with E-state index in [0.717, 1.165) is 15.2 Å². The zero-order valence-electron chi connectivity index (χ0n) is 14.0. The van der Waals surface area contributed by atoms with E-state index in [1.54, 1.807) is 6.07 Å². The second-order valence-electron chi connectivity index (χ2n) is 5.58. The monoisotopic (exact) mass is 427 g/mol. The van der Waals surface area contributed by atoms with Gasteiger partial charge in [0.2, 0.25) is 0 Å². The highest BCUT2D eigenvalue weighted by Crippen LogP contribution is 2.24. The number of hydrazone groups is 1. The Morgan fingerprint density at radius 3 is 2.56 bits per heavy atom. The number of halogens is 1. The molecule has 0 radical (unpaired) electrons. The maximum absolute atomic E-state index is 11.8. The number of hydrogen-bond acceptors (Lipinski definition) is 5. The molecule has 0 aliphatic heterocycles. The number of fused-ring (bicyclic) bond motifs is 1. The molecule has 3 aromatic carbocycles. The third-order valence-electron chi connectivity index (χ3n) is 3.65. The first-order valence-electron chi connectivity index (χ1n) is 7.90. The van der Waals surface area contributed by atoms with Crippen molar-refractivity contribution in [3.8, 4) is 5.75 Å². The third-order valence-corrected chi connectivity index (χ3v) is 4.14. The predicted molar refractivity (Wildman–Crippen MR) is 106 cm³/mol. The summed E-state index contributed by atoms with van der Waals surface area (Å²) in [4.78, 5) is 21.9. The summed E-state index contributed by atoms with van der Waals surface area (Å²) in [7, 11) is 0. The lowest BCUT2D eigenvalue weighted by Gasteiger charge is -2.06. The van der Waals surface area contributed by atoms with Crippen LogP contribution in [-0.2, 0) is 4.79 Å². The normalized spacial score (nSPS) is 10.9. The van der Waals surface area contributed by atoms with E-state index in [0.29, 0.717) is 11.3 Å². The van der Waals surface area contributed by atoms with Crippen LogP contribution >= 0.6 is 15.9 Å². The number of benzene rings is 3. The number of nitro groups is 1. The number of nitro benzene ring substituents is 1. The van der Waals surface area contributed by atoms with E-state index in [4.69, 9.17) is 4.74 Å². The number of non-ortho nitro benzene ring substituents is 1. The molecule has 0 heterocycles. The first kappa shape index (κ1) is 18.5. The highest BCUT2D eigenvalue weighted by atomic mass is 79.9. The lowest BCUT2D eigenvalue weighted by Crippen LogP contribution is -2.24. The Labute approximate surface area is 162 Å². The number of amides is 1. The van der Waals surface area contributed by atoms with E-state index in [-0.39, 0.29) is 12.3 Å². The van der Waals surface area contributed by atoms with Gasteiger partial charge in [0, 0.05) is 16.6 Å². The Balaban J connectivity index is 1.52. The molecule has 0 spiro atoms. The van der Waals surface area contributed by atoms with Crippen molar-refractivity contribution in [2.45, 2.75) is 0 Å². The Kier molecular flexibility index (Phi) is 5.77. The van der Waals surface area contributed by atoms with Crippen LogP contribution in [0.4, 0.5) is 5.69 Å². The second kappa shape index (κ2) is 8.41. The molecule has 0 bridgehead atoms. The summed E-state index contributed by atoms with van der Waals surface area (Å²) >= 11 is 3.42. The van der Waals surface area contributed by atoms with Crippen molar-refractivity contribution in [3.05, 3.63) is 80.8 Å². The summed E-state index contributed by atoms with van der Waals surface area (Å²) in [6, 6.07) is 17.3. The maximum atomic E-state index is 11.8. The molecule has 1 N–H and O–H groups in total. The van der Waals surface area contributed by atoms with Crippen molar-refractivity contribution in [2.24, 2.45) is 5.10 Å². The van der Waals surface area contributed by atoms with Gasteiger partial charge in [-0.1, -0.05) is 28.1 Å². The molecular weight excluding hydrogens is 414 g/mol. The first-order chi connectivity index (χ1) is 13.0. The minimum Gasteiger partial charge on any atom is -0.484 e. The molecule has 0 fully saturated rings. The van der Waals surface area contributed by atoms with Gasteiger partial charge in [-0.3, -0.25) is 14.9 Å². The van der Waals surface area contributed by atoms with Gasteiger partial charge >= 0.3 is 0 Å². The minimum atomic E-state index is -0.480. The lowest BCUT2D eigenvalue weighted by atomic mass is 10.1. The summed E-state index contributed by atoms with van der Waals surface area (Å²) in [5.41, 5.74) is 2.97. The van der Waals surface area contributed by atoms with Crippen LogP contribution < -0.4 is 10.2 Å². The summed E-state index contributed by atoms with van der Waals surface area (Å²) in [5, 5.41) is 16.5. The molecule has 0 aliphatic carbocycles. The molecule has 0 unspecified atom stereocenters. The molecule has 0 aliphatic rings. The fourth-order valence-corrected chi connectivity index (χ4v) is 2.71. The Bertz CT molecular complexity index is 1020. The van der Waals surface area contributed by atoms with E-state index in [9.17, 15) is 14.9 Å². The van der Waals surface area contributed by atoms with Gasteiger partial charge in [0.05, 0.1) is 11.1 Å². The third kappa shape index (κ3) is 5.11. The van der Waals surface area contributed by atoms with Gasteiger partial charge in [0.25, 0.3) is 11.6 Å². The van der Waals surface area contributed by atoms with E-state index in [1.165, 1.54) is 30.5 Å². The van der Waals surface area contributed by atoms with E-state index >= 15 is 0 Å². The number of nitrogens with zero attached hydrogens (tertiary/aromatic N) is 2. The van der Waals surface area contributed by atoms with Gasteiger partial charge in [-0.05, 0) is 52.7 Å². The quantitative estimate of drug-likeness (QED) is 0.364. The van der Waals surface area contributed by atoms with Crippen LogP contribution in [0.25, 0.3) is 10.8 Å². The van der Waals surface area contributed by atoms with Gasteiger partial charge in [-0.15, -0.1) is 0 Å². The van der Waals surface area contributed by atoms with E-state index in [1.807, 2.05) is 30.3 Å². The molecule has 8 heteroatoms. The van der Waals surface area contributed by atoms with Crippen LogP contribution in [0, 0.1) is 10.1 Å². The number of carbonyl (C=O) groups excluding carboxylic acids is 1. The smallest absolute Gasteiger partial charge is 0.277 e. The molecule has 0 aromatic heterocycles. The second-order valence-corrected chi connectivity index (χ2v) is 6.50. The molecule has 136 valence electrons. The Hall–Kier alpha value is -3.26. The number of hydrogen-bond donors (Lipinski definition) is 1. The van der Waals surface area contributed by atoms with Gasteiger partial charge in [0.1, 0.15) is 5.75 Å². The Morgan fingerprint density at radius 1 is 1.11 bits per heavy atom. The molecular formula is C19H14BrN3O4. The zero-order chi connectivity index (χ0) is 19.2. The molecule has 1 amide bonds. The highest BCUT2D eigenvalue weighted by molar-refractivity contribution is 9.10. The van der Waals surface area contributed by atoms with Crippen molar-refractivity contribution in [3.63, 3.8) is 0 Å². The standard InChI is InChI=1S/C19H14BrN3O4/c20-16-5-3-15-10-18(8-4-14(15)9-16)27-12-19(24)22-21-11-13-1-6-17(7-2-13)23(25)26/h1-11H,12H2,(H,22,24)/b21-11+. The summed E-state index contributed by atoms with van der Waals surface area (Å²) in [5.74, 6) is 0.170. The summed E-state index contributed by atoms with van der Waals surface area (Å²) in [6.07, 6.45) is 1.40. The van der Waals surface area contributed by atoms with Crippen LogP contribution in [0.15, 0.2) is 70.2 Å². The van der Waals surface area contributed by atoms with Crippen molar-refractivity contribution >= 4 is 44.5 Å². The molecule has 27 heavy (non-hydrogen) atoms. The fourth-order valence-electron chi connectivity index (χ4n) is 2.33. The highest BCUT2D eigenvalue weighted by Gasteiger charge is 2.04. The maximum Gasteiger partial charge on any atom is 0.277 e. The van der Waals surface area contributed by atoms with Crippen LogP contribution in [0.5, 0.6) is 5.75 Å². The van der Waals surface area contributed by atoms with Crippen LogP contribution in [-0.4, -0.2) is 23.7 Å². The zero-order valence-corrected chi connectivity index (χ0v) is 15.5. The van der Waals surface area contributed by atoms with Gasteiger partial charge in [-0.25, -0.2) is 5.43 Å². The van der Waals surface area contributed by atoms with Crippen molar-refractivity contribution in [1.82, 2.24) is 5.43 Å². The van der Waals surface area contributed by atoms with Gasteiger partial charge in [-0.2, -0.15) is 5.10 Å². The van der Waals surface area contributed by atoms with E-state index in [2.05, 4.69) is 26.5 Å². The average Bonchev–Trinajstić information content (AvgIpc) is 2.66. The minimum absolute atomic E-state index is 0.00710. The number of carbonyl (C=O) groups is 1. The number of ether oxygens (including phenoxy) is 1. The lowest BCUT2D eigenvalue weighted by molar-refractivity contribution is -0.384. The topological polar surface area (TPSA) is 93.8 Å². The average molecular weight is 428 g/mol. The van der Waals surface area contributed by atoms with Crippen molar-refractivity contribution < 1.29 is 14.5 Å². The molecule has 3 rings (SSSR count). The summed E-state index contributed by atoms with van der Waals surface area (Å²) in [6.45, 7) is -0.181. The van der Waals surface area contributed by atoms with Crippen LogP contribution in [0.1, 0.15) is 5.56 Å². The summed E-state index contributed by atoms with van der Waals surface area (Å²) < 4.78 is 6.47. The first-order valence-corrected chi connectivity index (χ1v) is 8.69. The van der Waals surface area contributed by atoms with Crippen LogP contribution in [0.3, 0.4) is 0 Å². The molecule has 3 aromatic rings. The fraction of sp³-hybridized carbons (Fsp3) is 0.0526. The van der Waals surface area contributed by atoms with Gasteiger partial charge in [0.15, 0.2) is 6.61 Å². The van der Waals surface area contributed by atoms with Gasteiger partial charge < -0.3 is 4.74 Å². The Morgan fingerprint density at radius 2 is 1.81 bits per heavy atom. The molecule has 0 atom stereocenters. The predicted octanol–water partition coefficient (Wildman–Crippen LogP) is 4.04. The van der Waals surface area contributed by atoms with Crippen LogP contribution in [0.2, 0.25) is 0 Å². The number of nitrogens with one attached hydrogen (secondary N) is 1. The van der Waals surface area contributed by atoms with E-state index < -0.39 is 10.8 Å². The number of rotatable bonds is 6. The molecule has 0 saturated heterocycles. The van der Waals surface area contributed by atoms with Crippen molar-refractivity contribution in [1.29, 1.82) is 0 Å². The largest absolute Gasteiger partial charge is 0.484 e. The van der Waals surface area contributed by atoms with Crippen molar-refractivity contribution in [2.75, 3.05) is 6.61 Å². The SMILES string of the molecule is O=C(COc1ccc2cc(Br)ccc2c1)N/N=C/c1ccc([N+](=O)[O-])cc1. The molecule has 0 saturated carbocycles.